The van der Waals surface area contributed by atoms with E-state index in [1.165, 1.54) is 4.90 Å². The minimum atomic E-state index is -1.27. The highest BCUT2D eigenvalue weighted by molar-refractivity contribution is 6.23. The van der Waals surface area contributed by atoms with Crippen molar-refractivity contribution >= 4 is 41.1 Å². The molecule has 0 aromatic heterocycles. The van der Waals surface area contributed by atoms with Crippen molar-refractivity contribution in [2.75, 3.05) is 32.8 Å². The van der Waals surface area contributed by atoms with Gasteiger partial charge in [-0.2, -0.15) is 0 Å². The quantitative estimate of drug-likeness (QED) is 0.137. The van der Waals surface area contributed by atoms with Crippen LogP contribution in [0.25, 0.3) is 11.1 Å². The summed E-state index contributed by atoms with van der Waals surface area (Å²) in [5.74, 6) is -2.98. The second-order valence-electron chi connectivity index (χ2n) is 16.9. The molecule has 2 saturated carbocycles. The van der Waals surface area contributed by atoms with Gasteiger partial charge < -0.3 is 30.7 Å². The monoisotopic (exact) mass is 782 g/mol. The Morgan fingerprint density at radius 2 is 1.16 bits per heavy atom. The normalized spacial score (nSPS) is 17.6. The average molecular weight is 783 g/mol. The molecule has 0 spiro atoms. The van der Waals surface area contributed by atoms with E-state index >= 15 is 0 Å². The van der Waals surface area contributed by atoms with Crippen molar-refractivity contribution in [3.05, 3.63) is 82.2 Å². The zero-order chi connectivity index (χ0) is 41.7. The maximum absolute atomic E-state index is 14.3. The van der Waals surface area contributed by atoms with Crippen molar-refractivity contribution in [3.8, 4) is 11.1 Å². The number of allylic oxidation sites excluding steroid dienone is 4. The van der Waals surface area contributed by atoms with Gasteiger partial charge in [0, 0.05) is 75.6 Å². The highest BCUT2D eigenvalue weighted by atomic mass is 16.5. The molecule has 0 bridgehead atoms. The van der Waals surface area contributed by atoms with Crippen molar-refractivity contribution in [2.45, 2.75) is 92.0 Å². The van der Waals surface area contributed by atoms with Crippen LogP contribution in [0.2, 0.25) is 0 Å². The van der Waals surface area contributed by atoms with E-state index in [1.807, 2.05) is 76.2 Å². The van der Waals surface area contributed by atoms with Crippen LogP contribution in [-0.2, 0) is 33.5 Å². The van der Waals surface area contributed by atoms with Gasteiger partial charge in [0.25, 0.3) is 0 Å². The van der Waals surface area contributed by atoms with Crippen LogP contribution in [-0.4, -0.2) is 89.9 Å². The van der Waals surface area contributed by atoms with Crippen LogP contribution >= 0.6 is 0 Å². The minimum Gasteiger partial charge on any atom is -0.481 e. The number of nitrogens with one attached hydrogen (secondary N) is 3. The van der Waals surface area contributed by atoms with E-state index in [0.29, 0.717) is 11.4 Å². The molecule has 2 aromatic rings. The Bertz CT molecular complexity index is 1870. The Morgan fingerprint density at radius 3 is 1.58 bits per heavy atom. The molecule has 0 saturated heterocycles. The van der Waals surface area contributed by atoms with Gasteiger partial charge in [-0.05, 0) is 53.4 Å². The Labute approximate surface area is 333 Å². The van der Waals surface area contributed by atoms with E-state index in [1.54, 1.807) is 13.8 Å². The summed E-state index contributed by atoms with van der Waals surface area (Å²) in [4.78, 5) is 92.4. The molecule has 3 aliphatic rings. The third-order valence-corrected chi connectivity index (χ3v) is 10.9. The predicted molar refractivity (Wildman–Crippen MR) is 213 cm³/mol. The van der Waals surface area contributed by atoms with Crippen molar-refractivity contribution < 1.29 is 43.4 Å². The molecule has 2 aromatic carbocycles. The molecule has 13 nitrogen and oxygen atoms in total. The Hall–Kier alpha value is -5.59. The number of aliphatic carboxylic acids is 1. The van der Waals surface area contributed by atoms with Gasteiger partial charge in [-0.15, -0.1) is 0 Å². The first-order valence-corrected chi connectivity index (χ1v) is 19.5. The molecule has 0 radical (unpaired) electrons. The number of alkyl carbamates (subject to hydrolysis) is 1. The van der Waals surface area contributed by atoms with E-state index < -0.39 is 41.3 Å². The highest BCUT2D eigenvalue weighted by Crippen LogP contribution is 2.44. The molecule has 0 unspecified atom stereocenters. The number of nitrogens with zero attached hydrogens (tertiary/aromatic N) is 1. The largest absolute Gasteiger partial charge is 0.481 e. The Balaban J connectivity index is 1.31. The maximum Gasteiger partial charge on any atom is 0.407 e. The Morgan fingerprint density at radius 1 is 0.737 bits per heavy atom. The summed E-state index contributed by atoms with van der Waals surface area (Å²) in [6.45, 7) is 11.1. The number of Topliss-reactive ketones (excluding diaryl/α,β-unsaturated/α-hetero) is 4. The molecule has 4 N–H and O–H groups in total. The first kappa shape index (κ1) is 42.6. The lowest BCUT2D eigenvalue weighted by molar-refractivity contribution is -0.138. The zero-order valence-corrected chi connectivity index (χ0v) is 33.7. The summed E-state index contributed by atoms with van der Waals surface area (Å²) in [5.41, 5.74) is 4.24. The van der Waals surface area contributed by atoms with Crippen LogP contribution in [0.3, 0.4) is 0 Å². The Kier molecular flexibility index (Phi) is 13.2. The number of benzene rings is 2. The van der Waals surface area contributed by atoms with Gasteiger partial charge in [0.1, 0.15) is 12.6 Å². The predicted octanol–water partition coefficient (Wildman–Crippen LogP) is 5.23. The molecule has 3 aliphatic carbocycles. The molecule has 57 heavy (non-hydrogen) atoms. The van der Waals surface area contributed by atoms with Crippen LogP contribution in [0, 0.1) is 10.8 Å². The average Bonchev–Trinajstić information content (AvgIpc) is 3.43. The molecular formula is C44H54N4O9. The smallest absolute Gasteiger partial charge is 0.407 e. The number of hydrogen-bond donors (Lipinski definition) is 4. The van der Waals surface area contributed by atoms with Crippen molar-refractivity contribution in [3.63, 3.8) is 0 Å². The SMILES string of the molecule is CC(NCCN(CCNC(C)=C1C(=O)CC(C)(C)CC1=O)C(=O)[C@H](CCC(=O)O)NC(=O)OCC1c2ccccc2-c2ccccc21)=C1C(=O)CC(C)(C)CC1=O. The van der Waals surface area contributed by atoms with Crippen molar-refractivity contribution in [1.29, 1.82) is 0 Å². The summed E-state index contributed by atoms with van der Waals surface area (Å²) in [5, 5.41) is 18.4. The van der Waals surface area contributed by atoms with Crippen molar-refractivity contribution in [1.82, 2.24) is 20.9 Å². The van der Waals surface area contributed by atoms with Gasteiger partial charge in [0.05, 0.1) is 11.1 Å². The molecule has 0 heterocycles. The molecule has 0 aliphatic heterocycles. The van der Waals surface area contributed by atoms with E-state index in [9.17, 15) is 38.7 Å². The molecule has 5 rings (SSSR count). The van der Waals surface area contributed by atoms with Crippen molar-refractivity contribution in [2.24, 2.45) is 10.8 Å². The zero-order valence-electron chi connectivity index (χ0n) is 33.7. The number of carbonyl (C=O) groups is 7. The lowest BCUT2D eigenvalue weighted by Gasteiger charge is -2.31. The number of rotatable bonds is 15. The van der Waals surface area contributed by atoms with E-state index in [-0.39, 0.29) is 105 Å². The van der Waals surface area contributed by atoms with Crippen LogP contribution in [0.1, 0.15) is 97.1 Å². The molecule has 304 valence electrons. The highest BCUT2D eigenvalue weighted by Gasteiger charge is 2.38. The van der Waals surface area contributed by atoms with Gasteiger partial charge in [-0.25, -0.2) is 4.79 Å². The fourth-order valence-corrected chi connectivity index (χ4v) is 8.16. The summed E-state index contributed by atoms with van der Waals surface area (Å²) in [6, 6.07) is 14.5. The summed E-state index contributed by atoms with van der Waals surface area (Å²) < 4.78 is 5.70. The van der Waals surface area contributed by atoms with Crippen LogP contribution < -0.4 is 16.0 Å². The van der Waals surface area contributed by atoms with Crippen LogP contribution in [0.15, 0.2) is 71.1 Å². The fourth-order valence-electron chi connectivity index (χ4n) is 8.16. The molecule has 1 atom stereocenters. The molecule has 2 fully saturated rings. The second kappa shape index (κ2) is 17.7. The number of carboxylic acid groups (broad SMARTS) is 1. The second-order valence-corrected chi connectivity index (χ2v) is 16.9. The maximum atomic E-state index is 14.3. The van der Waals surface area contributed by atoms with Gasteiger partial charge in [0.2, 0.25) is 5.91 Å². The molecular weight excluding hydrogens is 729 g/mol. The number of amides is 2. The van der Waals surface area contributed by atoms with E-state index in [4.69, 9.17) is 4.74 Å². The van der Waals surface area contributed by atoms with E-state index in [2.05, 4.69) is 16.0 Å². The van der Waals surface area contributed by atoms with Gasteiger partial charge in [0.15, 0.2) is 23.1 Å². The van der Waals surface area contributed by atoms with Gasteiger partial charge >= 0.3 is 12.1 Å². The third kappa shape index (κ3) is 10.4. The minimum absolute atomic E-state index is 0.0115. The van der Waals surface area contributed by atoms with Crippen LogP contribution in [0.5, 0.6) is 0 Å². The van der Waals surface area contributed by atoms with Gasteiger partial charge in [-0.1, -0.05) is 76.2 Å². The first-order chi connectivity index (χ1) is 26.9. The summed E-state index contributed by atoms with van der Waals surface area (Å²) >= 11 is 0. The number of hydrogen-bond acceptors (Lipinski definition) is 10. The van der Waals surface area contributed by atoms with Gasteiger partial charge in [-0.3, -0.25) is 28.8 Å². The number of carboxylic acids is 1. The lowest BCUT2D eigenvalue weighted by Crippen LogP contribution is -2.51. The molecule has 13 heteroatoms. The standard InChI is InChI=1S/C44H54N4O9/c1-26(39-34(49)21-43(3,4)22-35(39)50)45-17-19-48(20-18-46-27(2)40-36(51)23-44(5,6)24-37(40)52)41(55)33(15-16-38(53)54)47-42(56)57-25-32-30-13-9-7-11-28(30)29-12-8-10-14-31(29)32/h7-14,32-33,45-46H,15-25H2,1-6H3,(H,47,56)(H,53,54)/t33-/m0/s1. The fraction of sp³-hybridized carbons (Fsp3) is 0.477. The topological polar surface area (TPSA) is 188 Å². The number of ketones is 4. The number of fused-ring (bicyclic) bond motifs is 3. The van der Waals surface area contributed by atoms with Crippen LogP contribution in [0.4, 0.5) is 4.79 Å². The number of ether oxygens (including phenoxy) is 1. The van der Waals surface area contributed by atoms with E-state index in [0.717, 1.165) is 22.3 Å². The number of carbonyl (C=O) groups excluding carboxylic acids is 6. The summed E-state index contributed by atoms with van der Waals surface area (Å²) in [7, 11) is 0. The third-order valence-electron chi connectivity index (χ3n) is 10.9. The first-order valence-electron chi connectivity index (χ1n) is 19.5. The lowest BCUT2D eigenvalue weighted by atomic mass is 9.73. The molecule has 2 amide bonds. The summed E-state index contributed by atoms with van der Waals surface area (Å²) in [6.07, 6.45) is -0.601.